The number of thioether (sulfide) groups is 1. The van der Waals surface area contributed by atoms with Crippen LogP contribution in [0.3, 0.4) is 0 Å². The first-order valence-corrected chi connectivity index (χ1v) is 6.93. The van der Waals surface area contributed by atoms with Crippen molar-refractivity contribution in [1.82, 2.24) is 5.32 Å². The Morgan fingerprint density at radius 2 is 2.13 bits per heavy atom. The molecule has 84 valence electrons. The summed E-state index contributed by atoms with van der Waals surface area (Å²) < 4.78 is 0. The molecule has 15 heavy (non-hydrogen) atoms. The van der Waals surface area contributed by atoms with Crippen molar-refractivity contribution in [3.05, 3.63) is 33.8 Å². The standard InChI is InChI=1S/C11H15Cl2NS/c1-14-9(7-15-2)6-8-4-3-5-10(12)11(8)13/h3-5,9,14H,6-7H2,1-2H3. The number of halogens is 2. The van der Waals surface area contributed by atoms with Crippen LogP contribution in [0.5, 0.6) is 0 Å². The molecule has 0 bridgehead atoms. The molecule has 1 N–H and O–H groups in total. The third-order valence-electron chi connectivity index (χ3n) is 2.27. The van der Waals surface area contributed by atoms with Crippen LogP contribution < -0.4 is 5.32 Å². The zero-order valence-corrected chi connectivity index (χ0v) is 11.2. The minimum absolute atomic E-state index is 0.441. The maximum Gasteiger partial charge on any atom is 0.0624 e. The van der Waals surface area contributed by atoms with Gasteiger partial charge in [-0.05, 0) is 31.4 Å². The molecule has 1 unspecified atom stereocenters. The summed E-state index contributed by atoms with van der Waals surface area (Å²) >= 11 is 13.9. The molecular weight excluding hydrogens is 249 g/mol. The van der Waals surface area contributed by atoms with Gasteiger partial charge in [0.15, 0.2) is 0 Å². The molecule has 0 saturated carbocycles. The molecule has 0 fully saturated rings. The minimum atomic E-state index is 0.441. The third-order valence-corrected chi connectivity index (χ3v) is 3.87. The second kappa shape index (κ2) is 6.64. The van der Waals surface area contributed by atoms with E-state index in [1.807, 2.05) is 37.0 Å². The number of benzene rings is 1. The Morgan fingerprint density at radius 3 is 2.73 bits per heavy atom. The number of hydrogen-bond donors (Lipinski definition) is 1. The average Bonchev–Trinajstić information content (AvgIpc) is 2.24. The molecule has 1 aromatic rings. The normalized spacial score (nSPS) is 12.8. The Kier molecular flexibility index (Phi) is 5.83. The van der Waals surface area contributed by atoms with Crippen molar-refractivity contribution in [2.45, 2.75) is 12.5 Å². The van der Waals surface area contributed by atoms with Crippen LogP contribution in [0.4, 0.5) is 0 Å². The topological polar surface area (TPSA) is 12.0 Å². The van der Waals surface area contributed by atoms with Gasteiger partial charge in [0, 0.05) is 11.8 Å². The van der Waals surface area contributed by atoms with Gasteiger partial charge in [-0.1, -0.05) is 35.3 Å². The van der Waals surface area contributed by atoms with Crippen LogP contribution in [-0.2, 0) is 6.42 Å². The molecule has 0 aliphatic heterocycles. The molecule has 0 amide bonds. The van der Waals surface area contributed by atoms with Crippen molar-refractivity contribution in [3.63, 3.8) is 0 Å². The summed E-state index contributed by atoms with van der Waals surface area (Å²) in [6.07, 6.45) is 3.01. The van der Waals surface area contributed by atoms with Gasteiger partial charge in [0.2, 0.25) is 0 Å². The quantitative estimate of drug-likeness (QED) is 0.873. The molecule has 1 atom stereocenters. The van der Waals surface area contributed by atoms with E-state index in [-0.39, 0.29) is 0 Å². The van der Waals surface area contributed by atoms with Crippen molar-refractivity contribution in [2.24, 2.45) is 0 Å². The van der Waals surface area contributed by atoms with Crippen LogP contribution in [0, 0.1) is 0 Å². The number of rotatable bonds is 5. The molecule has 1 nitrogen and oxygen atoms in total. The van der Waals surface area contributed by atoms with Crippen molar-refractivity contribution < 1.29 is 0 Å². The van der Waals surface area contributed by atoms with Crippen molar-refractivity contribution >= 4 is 35.0 Å². The van der Waals surface area contributed by atoms with Crippen LogP contribution >= 0.6 is 35.0 Å². The summed E-state index contributed by atoms with van der Waals surface area (Å²) in [7, 11) is 1.97. The number of likely N-dealkylation sites (N-methyl/N-ethyl adjacent to an activating group) is 1. The predicted octanol–water partition coefficient (Wildman–Crippen LogP) is 3.49. The fraction of sp³-hybridized carbons (Fsp3) is 0.455. The fourth-order valence-corrected chi connectivity index (χ4v) is 2.50. The van der Waals surface area contributed by atoms with E-state index in [0.29, 0.717) is 16.1 Å². The predicted molar refractivity (Wildman–Crippen MR) is 71.4 cm³/mol. The Bertz CT molecular complexity index is 317. The fourth-order valence-electron chi connectivity index (χ4n) is 1.42. The summed E-state index contributed by atoms with van der Waals surface area (Å²) in [5.74, 6) is 1.07. The maximum atomic E-state index is 6.13. The first-order valence-electron chi connectivity index (χ1n) is 4.78. The van der Waals surface area contributed by atoms with Crippen molar-refractivity contribution in [2.75, 3.05) is 19.1 Å². The summed E-state index contributed by atoms with van der Waals surface area (Å²) in [5, 5.41) is 4.59. The Hall–Kier alpha value is 0.110. The first kappa shape index (κ1) is 13.2. The molecule has 0 aliphatic rings. The molecule has 4 heteroatoms. The zero-order valence-electron chi connectivity index (χ0n) is 8.89. The SMILES string of the molecule is CNC(CSC)Cc1cccc(Cl)c1Cl. The Balaban J connectivity index is 2.74. The van der Waals surface area contributed by atoms with Gasteiger partial charge in [0.25, 0.3) is 0 Å². The molecule has 0 saturated heterocycles. The lowest BCUT2D eigenvalue weighted by Crippen LogP contribution is -2.30. The van der Waals surface area contributed by atoms with Gasteiger partial charge in [-0.15, -0.1) is 0 Å². The summed E-state index contributed by atoms with van der Waals surface area (Å²) in [5.41, 5.74) is 1.11. The second-order valence-corrected chi connectivity index (χ2v) is 5.05. The average molecular weight is 264 g/mol. The number of hydrogen-bond acceptors (Lipinski definition) is 2. The van der Waals surface area contributed by atoms with Crippen LogP contribution in [0.2, 0.25) is 10.0 Å². The van der Waals surface area contributed by atoms with E-state index < -0.39 is 0 Å². The van der Waals surface area contributed by atoms with Crippen LogP contribution in [0.1, 0.15) is 5.56 Å². The zero-order chi connectivity index (χ0) is 11.3. The first-order chi connectivity index (χ1) is 7.19. The summed E-state index contributed by atoms with van der Waals surface area (Å²) in [6, 6.07) is 6.22. The van der Waals surface area contributed by atoms with Gasteiger partial charge in [-0.2, -0.15) is 11.8 Å². The number of nitrogens with one attached hydrogen (secondary N) is 1. The monoisotopic (exact) mass is 263 g/mol. The lowest BCUT2D eigenvalue weighted by Gasteiger charge is -2.15. The van der Waals surface area contributed by atoms with Gasteiger partial charge in [-0.3, -0.25) is 0 Å². The van der Waals surface area contributed by atoms with Crippen molar-refractivity contribution in [3.8, 4) is 0 Å². The highest BCUT2D eigenvalue weighted by atomic mass is 35.5. The Morgan fingerprint density at radius 1 is 1.40 bits per heavy atom. The molecular formula is C11H15Cl2NS. The molecule has 0 radical (unpaired) electrons. The molecule has 0 aliphatic carbocycles. The lowest BCUT2D eigenvalue weighted by atomic mass is 10.1. The molecule has 0 aromatic heterocycles. The van der Waals surface area contributed by atoms with E-state index in [1.54, 1.807) is 0 Å². The van der Waals surface area contributed by atoms with E-state index in [9.17, 15) is 0 Å². The van der Waals surface area contributed by atoms with Crippen molar-refractivity contribution in [1.29, 1.82) is 0 Å². The van der Waals surface area contributed by atoms with E-state index in [1.165, 1.54) is 0 Å². The highest BCUT2D eigenvalue weighted by Crippen LogP contribution is 2.26. The van der Waals surface area contributed by atoms with Crippen LogP contribution in [0.25, 0.3) is 0 Å². The van der Waals surface area contributed by atoms with E-state index in [0.717, 1.165) is 17.7 Å². The van der Waals surface area contributed by atoms with Gasteiger partial charge in [-0.25, -0.2) is 0 Å². The highest BCUT2D eigenvalue weighted by Gasteiger charge is 2.10. The van der Waals surface area contributed by atoms with Gasteiger partial charge >= 0.3 is 0 Å². The summed E-state index contributed by atoms with van der Waals surface area (Å²) in [4.78, 5) is 0. The smallest absolute Gasteiger partial charge is 0.0624 e. The van der Waals surface area contributed by atoms with E-state index in [4.69, 9.17) is 23.2 Å². The maximum absolute atomic E-state index is 6.13. The highest BCUT2D eigenvalue weighted by molar-refractivity contribution is 7.98. The molecule has 0 spiro atoms. The third kappa shape index (κ3) is 3.87. The van der Waals surface area contributed by atoms with Gasteiger partial charge in [0.05, 0.1) is 10.0 Å². The van der Waals surface area contributed by atoms with Crippen LogP contribution in [0.15, 0.2) is 18.2 Å². The van der Waals surface area contributed by atoms with E-state index >= 15 is 0 Å². The molecule has 1 aromatic carbocycles. The summed E-state index contributed by atoms with van der Waals surface area (Å²) in [6.45, 7) is 0. The minimum Gasteiger partial charge on any atom is -0.316 e. The van der Waals surface area contributed by atoms with Gasteiger partial charge in [0.1, 0.15) is 0 Å². The largest absolute Gasteiger partial charge is 0.316 e. The molecule has 1 rings (SSSR count). The van der Waals surface area contributed by atoms with Gasteiger partial charge < -0.3 is 5.32 Å². The van der Waals surface area contributed by atoms with Crippen LogP contribution in [-0.4, -0.2) is 25.1 Å². The lowest BCUT2D eigenvalue weighted by molar-refractivity contribution is 0.617. The second-order valence-electron chi connectivity index (χ2n) is 3.36. The van der Waals surface area contributed by atoms with E-state index in [2.05, 4.69) is 11.6 Å². The molecule has 0 heterocycles. The Labute approximate surface area is 106 Å².